The summed E-state index contributed by atoms with van der Waals surface area (Å²) in [7, 11) is 0. The molecule has 0 radical (unpaired) electrons. The number of allylic oxidation sites excluding steroid dienone is 4. The summed E-state index contributed by atoms with van der Waals surface area (Å²) in [5.74, 6) is 1.89. The van der Waals surface area contributed by atoms with Gasteiger partial charge in [-0.05, 0) is 43.7 Å². The highest BCUT2D eigenvalue weighted by Gasteiger charge is 1.97. The van der Waals surface area contributed by atoms with Crippen LogP contribution in [0, 0.1) is 0 Å². The first-order valence-electron chi connectivity index (χ1n) is 5.02. The molecule has 0 unspecified atom stereocenters. The average Bonchev–Trinajstić information content (AvgIpc) is 2.30. The van der Waals surface area contributed by atoms with Crippen LogP contribution in [0.4, 0.5) is 5.82 Å². The molecule has 0 spiro atoms. The first-order valence-corrected chi connectivity index (χ1v) is 5.02. The Morgan fingerprint density at radius 2 is 2.25 bits per heavy atom. The summed E-state index contributed by atoms with van der Waals surface area (Å²) in [6.07, 6.45) is 7.15. The van der Waals surface area contributed by atoms with Gasteiger partial charge in [-0.2, -0.15) is 0 Å². The summed E-state index contributed by atoms with van der Waals surface area (Å²) in [5, 5.41) is 0. The van der Waals surface area contributed by atoms with Gasteiger partial charge in [-0.1, -0.05) is 12.7 Å². The summed E-state index contributed by atoms with van der Waals surface area (Å²) >= 11 is 0. The third-order valence-electron chi connectivity index (χ3n) is 1.97. The second-order valence-electron chi connectivity index (χ2n) is 3.30. The topological polar surface area (TPSA) is 48.1 Å². The molecule has 0 bridgehead atoms. The molecule has 3 nitrogen and oxygen atoms in total. The second kappa shape index (κ2) is 5.75. The van der Waals surface area contributed by atoms with Crippen LogP contribution in [0.3, 0.4) is 0 Å². The number of pyridine rings is 1. The zero-order valence-corrected chi connectivity index (χ0v) is 9.60. The lowest BCUT2D eigenvalue weighted by Crippen LogP contribution is -1.95. The van der Waals surface area contributed by atoms with Gasteiger partial charge in [0.05, 0.1) is 6.20 Å². The number of hydrogen-bond donors (Lipinski definition) is 1. The summed E-state index contributed by atoms with van der Waals surface area (Å²) < 4.78 is 5.61. The standard InChI is InChI=1S/C13H16N2O/c1-4-10(3)8-11(5-2)16-12-6-7-13(14)15-9-12/h4-9H,1H2,2-3H3,(H2,14,15)/b10-8-,11-5+. The molecule has 1 heterocycles. The number of hydrogen-bond acceptors (Lipinski definition) is 3. The highest BCUT2D eigenvalue weighted by Crippen LogP contribution is 2.15. The van der Waals surface area contributed by atoms with E-state index in [0.717, 1.165) is 11.3 Å². The minimum absolute atomic E-state index is 0.479. The van der Waals surface area contributed by atoms with Crippen molar-refractivity contribution < 1.29 is 4.74 Å². The van der Waals surface area contributed by atoms with Gasteiger partial charge in [-0.3, -0.25) is 0 Å². The van der Waals surface area contributed by atoms with E-state index in [2.05, 4.69) is 11.6 Å². The molecule has 1 aromatic rings. The maximum atomic E-state index is 5.61. The molecule has 84 valence electrons. The molecule has 0 aliphatic heterocycles. The van der Waals surface area contributed by atoms with Crippen LogP contribution in [-0.4, -0.2) is 4.98 Å². The maximum Gasteiger partial charge on any atom is 0.145 e. The maximum absolute atomic E-state index is 5.61. The van der Waals surface area contributed by atoms with Crippen LogP contribution in [0.1, 0.15) is 13.8 Å². The molecular formula is C13H16N2O. The third-order valence-corrected chi connectivity index (χ3v) is 1.97. The molecule has 0 atom stereocenters. The van der Waals surface area contributed by atoms with Gasteiger partial charge in [0.2, 0.25) is 0 Å². The number of rotatable bonds is 4. The van der Waals surface area contributed by atoms with Crippen LogP contribution in [0.5, 0.6) is 5.75 Å². The minimum atomic E-state index is 0.479. The number of nitrogen functional groups attached to an aromatic ring is 1. The number of aromatic nitrogens is 1. The molecule has 1 rings (SSSR count). The Labute approximate surface area is 96.0 Å². The zero-order valence-electron chi connectivity index (χ0n) is 9.60. The second-order valence-corrected chi connectivity index (χ2v) is 3.30. The van der Waals surface area contributed by atoms with E-state index in [0.29, 0.717) is 11.6 Å². The fourth-order valence-electron chi connectivity index (χ4n) is 1.04. The van der Waals surface area contributed by atoms with Gasteiger partial charge in [-0.25, -0.2) is 4.98 Å². The van der Waals surface area contributed by atoms with Gasteiger partial charge in [0.25, 0.3) is 0 Å². The highest BCUT2D eigenvalue weighted by molar-refractivity contribution is 5.34. The normalized spacial score (nSPS) is 12.4. The monoisotopic (exact) mass is 216 g/mol. The van der Waals surface area contributed by atoms with Crippen LogP contribution in [0.25, 0.3) is 0 Å². The van der Waals surface area contributed by atoms with Crippen LogP contribution in [0.15, 0.2) is 54.5 Å². The van der Waals surface area contributed by atoms with Gasteiger partial charge in [0.15, 0.2) is 0 Å². The van der Waals surface area contributed by atoms with E-state index in [4.69, 9.17) is 10.5 Å². The molecule has 16 heavy (non-hydrogen) atoms. The quantitative estimate of drug-likeness (QED) is 0.621. The largest absolute Gasteiger partial charge is 0.456 e. The van der Waals surface area contributed by atoms with Crippen molar-refractivity contribution in [3.8, 4) is 5.75 Å². The molecule has 3 heteroatoms. The summed E-state index contributed by atoms with van der Waals surface area (Å²) in [5.41, 5.74) is 6.52. The Balaban J connectivity index is 2.79. The Bertz CT molecular complexity index is 416. The molecule has 0 saturated heterocycles. The van der Waals surface area contributed by atoms with Crippen molar-refractivity contribution in [1.82, 2.24) is 4.98 Å². The first kappa shape index (κ1) is 12.0. The predicted molar refractivity (Wildman–Crippen MR) is 67.0 cm³/mol. The first-order chi connectivity index (χ1) is 7.65. The molecule has 0 aromatic carbocycles. The summed E-state index contributed by atoms with van der Waals surface area (Å²) in [4.78, 5) is 3.95. The summed E-state index contributed by atoms with van der Waals surface area (Å²) in [6.45, 7) is 7.56. The highest BCUT2D eigenvalue weighted by atomic mass is 16.5. The van der Waals surface area contributed by atoms with Crippen molar-refractivity contribution in [2.45, 2.75) is 13.8 Å². The fourth-order valence-corrected chi connectivity index (χ4v) is 1.04. The molecule has 0 aliphatic rings. The molecule has 0 amide bonds. The molecular weight excluding hydrogens is 200 g/mol. The predicted octanol–water partition coefficient (Wildman–Crippen LogP) is 3.08. The van der Waals surface area contributed by atoms with Gasteiger partial charge in [-0.15, -0.1) is 0 Å². The Morgan fingerprint density at radius 1 is 1.50 bits per heavy atom. The average molecular weight is 216 g/mol. The van der Waals surface area contributed by atoms with Crippen LogP contribution in [0.2, 0.25) is 0 Å². The lowest BCUT2D eigenvalue weighted by atomic mass is 10.2. The van der Waals surface area contributed by atoms with Gasteiger partial charge in [0, 0.05) is 0 Å². The number of ether oxygens (including phenoxy) is 1. The van der Waals surface area contributed by atoms with E-state index in [1.807, 2.05) is 26.0 Å². The zero-order chi connectivity index (χ0) is 12.0. The van der Waals surface area contributed by atoms with E-state index >= 15 is 0 Å². The van der Waals surface area contributed by atoms with E-state index in [-0.39, 0.29) is 0 Å². The van der Waals surface area contributed by atoms with E-state index in [1.54, 1.807) is 24.4 Å². The Morgan fingerprint density at radius 3 is 2.75 bits per heavy atom. The lowest BCUT2D eigenvalue weighted by Gasteiger charge is -2.06. The van der Waals surface area contributed by atoms with Crippen LogP contribution < -0.4 is 10.5 Å². The minimum Gasteiger partial charge on any atom is -0.456 e. The molecule has 2 N–H and O–H groups in total. The molecule has 0 aliphatic carbocycles. The van der Waals surface area contributed by atoms with Crippen molar-refractivity contribution in [1.29, 1.82) is 0 Å². The van der Waals surface area contributed by atoms with E-state index < -0.39 is 0 Å². The number of anilines is 1. The van der Waals surface area contributed by atoms with E-state index in [1.165, 1.54) is 0 Å². The van der Waals surface area contributed by atoms with Crippen molar-refractivity contribution in [3.63, 3.8) is 0 Å². The Hall–Kier alpha value is -2.03. The van der Waals surface area contributed by atoms with Crippen molar-refractivity contribution in [2.75, 3.05) is 5.73 Å². The third kappa shape index (κ3) is 3.61. The van der Waals surface area contributed by atoms with Crippen LogP contribution in [-0.2, 0) is 0 Å². The van der Waals surface area contributed by atoms with E-state index in [9.17, 15) is 0 Å². The smallest absolute Gasteiger partial charge is 0.145 e. The van der Waals surface area contributed by atoms with Gasteiger partial charge >= 0.3 is 0 Å². The fraction of sp³-hybridized carbons (Fsp3) is 0.154. The van der Waals surface area contributed by atoms with Crippen molar-refractivity contribution in [3.05, 3.63) is 54.5 Å². The number of nitrogens with two attached hydrogens (primary N) is 1. The number of nitrogens with zero attached hydrogens (tertiary/aromatic N) is 1. The summed E-state index contributed by atoms with van der Waals surface area (Å²) in [6, 6.07) is 3.48. The lowest BCUT2D eigenvalue weighted by molar-refractivity contribution is 0.441. The SMILES string of the molecule is C=C/C(C)=C\C(=C/C)Oc1ccc(N)nc1. The molecule has 0 fully saturated rings. The molecule has 1 aromatic heterocycles. The Kier molecular flexibility index (Phi) is 4.33. The van der Waals surface area contributed by atoms with Crippen molar-refractivity contribution in [2.24, 2.45) is 0 Å². The van der Waals surface area contributed by atoms with Gasteiger partial charge in [0.1, 0.15) is 17.3 Å². The van der Waals surface area contributed by atoms with Crippen LogP contribution >= 0.6 is 0 Å². The van der Waals surface area contributed by atoms with Gasteiger partial charge < -0.3 is 10.5 Å². The molecule has 0 saturated carbocycles. The van der Waals surface area contributed by atoms with Crippen molar-refractivity contribution >= 4 is 5.82 Å².